The van der Waals surface area contributed by atoms with Gasteiger partial charge in [0.2, 0.25) is 0 Å². The fourth-order valence-corrected chi connectivity index (χ4v) is 2.68. The van der Waals surface area contributed by atoms with Crippen molar-refractivity contribution in [2.45, 2.75) is 38.2 Å². The van der Waals surface area contributed by atoms with Crippen LogP contribution in [0.4, 0.5) is 8.78 Å². The van der Waals surface area contributed by atoms with Gasteiger partial charge in [0, 0.05) is 11.6 Å². The van der Waals surface area contributed by atoms with Crippen molar-refractivity contribution in [1.29, 1.82) is 0 Å². The smallest absolute Gasteiger partial charge is 0.264 e. The van der Waals surface area contributed by atoms with Gasteiger partial charge in [0.1, 0.15) is 0 Å². The molecule has 1 aromatic carbocycles. The number of methoxy groups -OCH3 is 2. The molecular weight excluding hydrogens is 264 g/mol. The molecule has 1 N–H and O–H groups in total. The SMILES string of the molecule is COc1cc(CC2CCCCN2)c(C(F)F)cc1OC. The second kappa shape index (κ2) is 6.88. The molecule has 0 aliphatic carbocycles. The van der Waals surface area contributed by atoms with Crippen LogP contribution in [0.2, 0.25) is 0 Å². The molecule has 1 aromatic rings. The number of ether oxygens (including phenoxy) is 2. The van der Waals surface area contributed by atoms with E-state index in [-0.39, 0.29) is 11.6 Å². The fourth-order valence-electron chi connectivity index (χ4n) is 2.68. The van der Waals surface area contributed by atoms with Gasteiger partial charge in [-0.05, 0) is 43.5 Å². The van der Waals surface area contributed by atoms with Gasteiger partial charge in [0.25, 0.3) is 6.43 Å². The Morgan fingerprint density at radius 1 is 1.20 bits per heavy atom. The molecule has 1 unspecified atom stereocenters. The first-order chi connectivity index (χ1) is 9.65. The van der Waals surface area contributed by atoms with Gasteiger partial charge in [-0.15, -0.1) is 0 Å². The minimum atomic E-state index is -2.51. The van der Waals surface area contributed by atoms with Crippen LogP contribution in [0.15, 0.2) is 12.1 Å². The van der Waals surface area contributed by atoms with Gasteiger partial charge >= 0.3 is 0 Å². The zero-order chi connectivity index (χ0) is 14.5. The molecule has 20 heavy (non-hydrogen) atoms. The number of benzene rings is 1. The highest BCUT2D eigenvalue weighted by atomic mass is 19.3. The highest BCUT2D eigenvalue weighted by molar-refractivity contribution is 5.48. The lowest BCUT2D eigenvalue weighted by Gasteiger charge is -2.25. The van der Waals surface area contributed by atoms with E-state index in [1.54, 1.807) is 6.07 Å². The van der Waals surface area contributed by atoms with Crippen LogP contribution in [-0.4, -0.2) is 26.8 Å². The van der Waals surface area contributed by atoms with Gasteiger partial charge in [-0.25, -0.2) is 8.78 Å². The number of rotatable bonds is 5. The van der Waals surface area contributed by atoms with E-state index in [1.165, 1.54) is 20.3 Å². The molecular formula is C15H21F2NO2. The summed E-state index contributed by atoms with van der Waals surface area (Å²) in [6.45, 7) is 0.960. The maximum atomic E-state index is 13.2. The molecule has 1 saturated heterocycles. The molecule has 5 heteroatoms. The Morgan fingerprint density at radius 3 is 2.45 bits per heavy atom. The molecule has 0 saturated carbocycles. The predicted molar refractivity (Wildman–Crippen MR) is 73.8 cm³/mol. The van der Waals surface area contributed by atoms with Crippen LogP contribution >= 0.6 is 0 Å². The largest absolute Gasteiger partial charge is 0.493 e. The minimum absolute atomic E-state index is 0.0371. The van der Waals surface area contributed by atoms with Crippen LogP contribution in [0.5, 0.6) is 11.5 Å². The quantitative estimate of drug-likeness (QED) is 0.900. The molecule has 0 bridgehead atoms. The summed E-state index contributed by atoms with van der Waals surface area (Å²) in [4.78, 5) is 0. The van der Waals surface area contributed by atoms with E-state index in [9.17, 15) is 8.78 Å². The third-order valence-corrected chi connectivity index (χ3v) is 3.76. The summed E-state index contributed by atoms with van der Waals surface area (Å²) >= 11 is 0. The highest BCUT2D eigenvalue weighted by Gasteiger charge is 2.21. The molecule has 0 amide bonds. The molecule has 3 nitrogen and oxygen atoms in total. The summed E-state index contributed by atoms with van der Waals surface area (Å²) in [5.41, 5.74) is 0.673. The summed E-state index contributed by atoms with van der Waals surface area (Å²) in [6, 6.07) is 3.33. The summed E-state index contributed by atoms with van der Waals surface area (Å²) in [6.07, 6.45) is 1.42. The minimum Gasteiger partial charge on any atom is -0.493 e. The molecule has 1 fully saturated rings. The zero-order valence-corrected chi connectivity index (χ0v) is 11.9. The molecule has 0 radical (unpaired) electrons. The van der Waals surface area contributed by atoms with Gasteiger partial charge in [0.05, 0.1) is 14.2 Å². The predicted octanol–water partition coefficient (Wildman–Crippen LogP) is 3.33. The van der Waals surface area contributed by atoms with Crippen LogP contribution in [0.1, 0.15) is 36.8 Å². The Kier molecular flexibility index (Phi) is 5.17. The first-order valence-electron chi connectivity index (χ1n) is 6.92. The van der Waals surface area contributed by atoms with Crippen molar-refractivity contribution in [3.8, 4) is 11.5 Å². The van der Waals surface area contributed by atoms with Crippen LogP contribution in [0, 0.1) is 0 Å². The topological polar surface area (TPSA) is 30.5 Å². The molecule has 1 heterocycles. The average Bonchev–Trinajstić information content (AvgIpc) is 2.47. The van der Waals surface area contributed by atoms with E-state index in [2.05, 4.69) is 5.32 Å². The van der Waals surface area contributed by atoms with E-state index in [1.807, 2.05) is 0 Å². The standard InChI is InChI=1S/C15H21F2NO2/c1-19-13-8-10(7-11-5-3-4-6-18-11)12(15(16)17)9-14(13)20-2/h8-9,11,15,18H,3-7H2,1-2H3. The molecule has 1 aliphatic heterocycles. The van der Waals surface area contributed by atoms with Crippen molar-refractivity contribution in [3.05, 3.63) is 23.3 Å². The Hall–Kier alpha value is -1.36. The summed E-state index contributed by atoms with van der Waals surface area (Å²) in [5, 5.41) is 3.38. The van der Waals surface area contributed by atoms with Gasteiger partial charge in [0.15, 0.2) is 11.5 Å². The molecule has 1 aliphatic rings. The first kappa shape index (κ1) is 15.0. The number of hydrogen-bond donors (Lipinski definition) is 1. The lowest BCUT2D eigenvalue weighted by Crippen LogP contribution is -2.35. The summed E-state index contributed by atoms with van der Waals surface area (Å²) in [5.74, 6) is 0.853. The van der Waals surface area contributed by atoms with Gasteiger partial charge < -0.3 is 14.8 Å². The van der Waals surface area contributed by atoms with Crippen molar-refractivity contribution in [2.24, 2.45) is 0 Å². The lowest BCUT2D eigenvalue weighted by atomic mass is 9.94. The average molecular weight is 285 g/mol. The maximum Gasteiger partial charge on any atom is 0.264 e. The molecule has 0 spiro atoms. The van der Waals surface area contributed by atoms with Crippen LogP contribution in [-0.2, 0) is 6.42 Å². The second-order valence-electron chi connectivity index (χ2n) is 5.06. The lowest BCUT2D eigenvalue weighted by molar-refractivity contribution is 0.149. The zero-order valence-electron chi connectivity index (χ0n) is 11.9. The Labute approximate surface area is 118 Å². The van der Waals surface area contributed by atoms with E-state index in [0.717, 1.165) is 25.8 Å². The number of halogens is 2. The normalized spacial score (nSPS) is 19.1. The third kappa shape index (κ3) is 3.39. The van der Waals surface area contributed by atoms with Gasteiger partial charge in [-0.2, -0.15) is 0 Å². The fraction of sp³-hybridized carbons (Fsp3) is 0.600. The molecule has 0 aromatic heterocycles. The third-order valence-electron chi connectivity index (χ3n) is 3.76. The van der Waals surface area contributed by atoms with Crippen molar-refractivity contribution < 1.29 is 18.3 Å². The molecule has 1 atom stereocenters. The Morgan fingerprint density at radius 2 is 1.90 bits per heavy atom. The Bertz CT molecular complexity index is 446. The maximum absolute atomic E-state index is 13.2. The van der Waals surface area contributed by atoms with Crippen molar-refractivity contribution >= 4 is 0 Å². The van der Waals surface area contributed by atoms with E-state index in [0.29, 0.717) is 23.5 Å². The van der Waals surface area contributed by atoms with Crippen molar-refractivity contribution in [3.63, 3.8) is 0 Å². The van der Waals surface area contributed by atoms with Crippen molar-refractivity contribution in [1.82, 2.24) is 5.32 Å². The second-order valence-corrected chi connectivity index (χ2v) is 5.06. The molecule has 112 valence electrons. The Balaban J connectivity index is 2.28. The van der Waals surface area contributed by atoms with Gasteiger partial charge in [-0.3, -0.25) is 0 Å². The molecule has 2 rings (SSSR count). The summed E-state index contributed by atoms with van der Waals surface area (Å²) in [7, 11) is 2.97. The van der Waals surface area contributed by atoms with Crippen LogP contribution in [0.3, 0.4) is 0 Å². The number of hydrogen-bond acceptors (Lipinski definition) is 3. The van der Waals surface area contributed by atoms with Crippen molar-refractivity contribution in [2.75, 3.05) is 20.8 Å². The van der Waals surface area contributed by atoms with E-state index in [4.69, 9.17) is 9.47 Å². The number of piperidine rings is 1. The summed E-state index contributed by atoms with van der Waals surface area (Å²) < 4.78 is 36.7. The highest BCUT2D eigenvalue weighted by Crippen LogP contribution is 2.35. The number of alkyl halides is 2. The van der Waals surface area contributed by atoms with Gasteiger partial charge in [-0.1, -0.05) is 6.42 Å². The monoisotopic (exact) mass is 285 g/mol. The van der Waals surface area contributed by atoms with E-state index >= 15 is 0 Å². The first-order valence-corrected chi connectivity index (χ1v) is 6.92. The number of nitrogens with one attached hydrogen (secondary N) is 1. The van der Waals surface area contributed by atoms with Crippen LogP contribution < -0.4 is 14.8 Å². The van der Waals surface area contributed by atoms with E-state index < -0.39 is 6.43 Å². The van der Waals surface area contributed by atoms with Crippen LogP contribution in [0.25, 0.3) is 0 Å².